The summed E-state index contributed by atoms with van der Waals surface area (Å²) in [7, 11) is 0. The number of aliphatic hydroxyl groups is 1. The summed E-state index contributed by atoms with van der Waals surface area (Å²) in [4.78, 5) is 13.5. The highest BCUT2D eigenvalue weighted by Gasteiger charge is 2.41. The highest BCUT2D eigenvalue weighted by atomic mass is 19.1. The Morgan fingerprint density at radius 3 is 2.65 bits per heavy atom. The summed E-state index contributed by atoms with van der Waals surface area (Å²) in [6.07, 6.45) is 1.68. The molecule has 0 unspecified atom stereocenters. The number of nitrogens with zero attached hydrogens (tertiary/aromatic N) is 1. The van der Waals surface area contributed by atoms with Crippen LogP contribution in [0, 0.1) is 5.82 Å². The number of carbonyl (C=O) groups excluding carboxylic acids is 1. The van der Waals surface area contributed by atoms with Crippen LogP contribution in [0.3, 0.4) is 0 Å². The van der Waals surface area contributed by atoms with Crippen molar-refractivity contribution in [1.82, 2.24) is 4.90 Å². The Kier molecular flexibility index (Phi) is 4.60. The average molecular weight is 281 g/mol. The Balaban J connectivity index is 1.62. The number of rotatable bonds is 6. The maximum Gasteiger partial charge on any atom is 0.222 e. The summed E-state index contributed by atoms with van der Waals surface area (Å²) in [5, 5.41) is 9.83. The predicted octanol–water partition coefficient (Wildman–Crippen LogP) is 1.97. The van der Waals surface area contributed by atoms with Gasteiger partial charge in [-0.1, -0.05) is 6.92 Å². The lowest BCUT2D eigenvalue weighted by Gasteiger charge is -2.46. The van der Waals surface area contributed by atoms with Crippen molar-refractivity contribution in [2.45, 2.75) is 31.8 Å². The van der Waals surface area contributed by atoms with Gasteiger partial charge in [-0.15, -0.1) is 0 Å². The summed E-state index contributed by atoms with van der Waals surface area (Å²) in [5.74, 6) is 0.350. The van der Waals surface area contributed by atoms with Crippen molar-refractivity contribution in [3.05, 3.63) is 30.1 Å². The molecule has 0 spiro atoms. The molecule has 0 aromatic heterocycles. The van der Waals surface area contributed by atoms with Gasteiger partial charge in [0.2, 0.25) is 5.91 Å². The van der Waals surface area contributed by atoms with E-state index in [0.717, 1.165) is 0 Å². The third-order valence-corrected chi connectivity index (χ3v) is 3.60. The largest absolute Gasteiger partial charge is 0.494 e. The minimum absolute atomic E-state index is 0.0471. The first-order chi connectivity index (χ1) is 9.52. The number of ether oxygens (including phenoxy) is 1. The van der Waals surface area contributed by atoms with Crippen LogP contribution in [-0.2, 0) is 4.79 Å². The molecule has 0 radical (unpaired) electrons. The van der Waals surface area contributed by atoms with E-state index < -0.39 is 5.60 Å². The fourth-order valence-electron chi connectivity index (χ4n) is 2.17. The Hall–Kier alpha value is -1.62. The number of β-amino-alcohol motifs (C(OH)–C–C–N with tert-alkyl or cyclic N) is 1. The van der Waals surface area contributed by atoms with Gasteiger partial charge in [0.1, 0.15) is 11.6 Å². The molecule has 1 aromatic carbocycles. The minimum Gasteiger partial charge on any atom is -0.494 e. The van der Waals surface area contributed by atoms with Gasteiger partial charge in [0, 0.05) is 6.42 Å². The van der Waals surface area contributed by atoms with E-state index >= 15 is 0 Å². The van der Waals surface area contributed by atoms with Crippen LogP contribution >= 0.6 is 0 Å². The van der Waals surface area contributed by atoms with Crippen molar-refractivity contribution in [3.63, 3.8) is 0 Å². The number of hydrogen-bond donors (Lipinski definition) is 1. The molecular weight excluding hydrogens is 261 g/mol. The highest BCUT2D eigenvalue weighted by Crippen LogP contribution is 2.24. The van der Waals surface area contributed by atoms with E-state index in [1.807, 2.05) is 6.92 Å². The van der Waals surface area contributed by atoms with Crippen LogP contribution in [0.2, 0.25) is 0 Å². The van der Waals surface area contributed by atoms with Gasteiger partial charge in [-0.3, -0.25) is 4.79 Å². The molecular formula is C15H20FNO3. The number of hydrogen-bond acceptors (Lipinski definition) is 3. The predicted molar refractivity (Wildman–Crippen MR) is 72.9 cm³/mol. The van der Waals surface area contributed by atoms with Gasteiger partial charge in [0.25, 0.3) is 0 Å². The molecule has 1 aliphatic heterocycles. The maximum atomic E-state index is 12.7. The molecule has 1 N–H and O–H groups in total. The summed E-state index contributed by atoms with van der Waals surface area (Å²) in [6.45, 7) is 3.20. The van der Waals surface area contributed by atoms with Gasteiger partial charge >= 0.3 is 0 Å². The van der Waals surface area contributed by atoms with Gasteiger partial charge in [0.15, 0.2) is 0 Å². The summed E-state index contributed by atoms with van der Waals surface area (Å²) in [6, 6.07) is 5.81. The van der Waals surface area contributed by atoms with E-state index in [0.29, 0.717) is 44.7 Å². The van der Waals surface area contributed by atoms with Crippen LogP contribution < -0.4 is 4.74 Å². The molecule has 1 aromatic rings. The molecule has 4 nitrogen and oxygen atoms in total. The Labute approximate surface area is 118 Å². The summed E-state index contributed by atoms with van der Waals surface area (Å²) in [5.41, 5.74) is -0.680. The van der Waals surface area contributed by atoms with Crippen LogP contribution in [0.1, 0.15) is 26.2 Å². The maximum absolute atomic E-state index is 12.7. The van der Waals surface area contributed by atoms with E-state index in [4.69, 9.17) is 4.74 Å². The van der Waals surface area contributed by atoms with Gasteiger partial charge in [-0.2, -0.15) is 0 Å². The second kappa shape index (κ2) is 6.22. The van der Waals surface area contributed by atoms with E-state index in [-0.39, 0.29) is 11.7 Å². The zero-order valence-corrected chi connectivity index (χ0v) is 11.6. The van der Waals surface area contributed by atoms with Crippen LogP contribution in [0.4, 0.5) is 4.39 Å². The lowest BCUT2D eigenvalue weighted by molar-refractivity contribution is -0.155. The highest BCUT2D eigenvalue weighted by molar-refractivity contribution is 5.77. The second-order valence-electron chi connectivity index (χ2n) is 5.23. The molecule has 5 heteroatoms. The zero-order valence-electron chi connectivity index (χ0n) is 11.6. The fourth-order valence-corrected chi connectivity index (χ4v) is 2.17. The fraction of sp³-hybridized carbons (Fsp3) is 0.533. The van der Waals surface area contributed by atoms with Crippen LogP contribution in [0.25, 0.3) is 0 Å². The number of halogens is 1. The molecule has 1 saturated heterocycles. The number of carbonyl (C=O) groups is 1. The number of benzene rings is 1. The quantitative estimate of drug-likeness (QED) is 0.811. The van der Waals surface area contributed by atoms with Crippen molar-refractivity contribution in [1.29, 1.82) is 0 Å². The lowest BCUT2D eigenvalue weighted by atomic mass is 9.91. The minimum atomic E-state index is -0.680. The van der Waals surface area contributed by atoms with Gasteiger partial charge < -0.3 is 14.7 Å². The monoisotopic (exact) mass is 281 g/mol. The SMILES string of the molecule is CCC1(O)CN(C(=O)CCCOc2ccc(F)cc2)C1. The van der Waals surface area contributed by atoms with Crippen LogP contribution in [0.5, 0.6) is 5.75 Å². The topological polar surface area (TPSA) is 49.8 Å². The Morgan fingerprint density at radius 1 is 1.40 bits per heavy atom. The first-order valence-electron chi connectivity index (χ1n) is 6.91. The molecule has 0 saturated carbocycles. The molecule has 20 heavy (non-hydrogen) atoms. The van der Waals surface area contributed by atoms with Crippen molar-refractivity contribution in [2.24, 2.45) is 0 Å². The molecule has 1 fully saturated rings. The molecule has 0 bridgehead atoms. The first-order valence-corrected chi connectivity index (χ1v) is 6.91. The smallest absolute Gasteiger partial charge is 0.222 e. The molecule has 1 aliphatic rings. The third kappa shape index (κ3) is 3.70. The van der Waals surface area contributed by atoms with Crippen molar-refractivity contribution < 1.29 is 19.0 Å². The number of likely N-dealkylation sites (tertiary alicyclic amines) is 1. The summed E-state index contributed by atoms with van der Waals surface area (Å²) < 4.78 is 18.1. The van der Waals surface area contributed by atoms with Crippen molar-refractivity contribution in [2.75, 3.05) is 19.7 Å². The standard InChI is InChI=1S/C15H20FNO3/c1-2-15(19)10-17(11-15)14(18)4-3-9-20-13-7-5-12(16)6-8-13/h5-8,19H,2-4,9-11H2,1H3. The molecule has 0 aliphatic carbocycles. The molecule has 2 rings (SSSR count). The van der Waals surface area contributed by atoms with E-state index in [2.05, 4.69) is 0 Å². The summed E-state index contributed by atoms with van der Waals surface area (Å²) >= 11 is 0. The second-order valence-corrected chi connectivity index (χ2v) is 5.23. The lowest BCUT2D eigenvalue weighted by Crippen LogP contribution is -2.63. The van der Waals surface area contributed by atoms with Crippen LogP contribution in [0.15, 0.2) is 24.3 Å². The first kappa shape index (κ1) is 14.8. The van der Waals surface area contributed by atoms with E-state index in [9.17, 15) is 14.3 Å². The zero-order chi connectivity index (χ0) is 14.6. The molecule has 1 heterocycles. The molecule has 0 atom stereocenters. The Morgan fingerprint density at radius 2 is 2.05 bits per heavy atom. The van der Waals surface area contributed by atoms with E-state index in [1.54, 1.807) is 17.0 Å². The van der Waals surface area contributed by atoms with Crippen molar-refractivity contribution >= 4 is 5.91 Å². The van der Waals surface area contributed by atoms with Crippen molar-refractivity contribution in [3.8, 4) is 5.75 Å². The van der Waals surface area contributed by atoms with Crippen LogP contribution in [-0.4, -0.2) is 41.2 Å². The third-order valence-electron chi connectivity index (χ3n) is 3.60. The normalized spacial score (nSPS) is 16.6. The van der Waals surface area contributed by atoms with Gasteiger partial charge in [0.05, 0.1) is 25.3 Å². The van der Waals surface area contributed by atoms with Gasteiger partial charge in [-0.25, -0.2) is 4.39 Å². The molecule has 110 valence electrons. The van der Waals surface area contributed by atoms with Gasteiger partial charge in [-0.05, 0) is 37.1 Å². The molecule has 1 amide bonds. The Bertz CT molecular complexity index is 455. The average Bonchev–Trinajstić information content (AvgIpc) is 2.41. The van der Waals surface area contributed by atoms with E-state index in [1.165, 1.54) is 12.1 Å². The number of amides is 1.